The topological polar surface area (TPSA) is 67.9 Å². The molecule has 0 aliphatic carbocycles. The Morgan fingerprint density at radius 2 is 1.97 bits per heavy atom. The quantitative estimate of drug-likeness (QED) is 0.506. The zero-order valence-electron chi connectivity index (χ0n) is 18.7. The average Bonchev–Trinajstić information content (AvgIpc) is 3.19. The van der Waals surface area contributed by atoms with Crippen molar-refractivity contribution in [1.29, 1.82) is 0 Å². The van der Waals surface area contributed by atoms with E-state index in [4.69, 9.17) is 9.47 Å². The van der Waals surface area contributed by atoms with Gasteiger partial charge in [0.25, 0.3) is 0 Å². The second-order valence-corrected chi connectivity index (χ2v) is 8.92. The molecule has 2 rings (SSSR count). The maximum atomic E-state index is 13.1. The molecule has 1 aromatic rings. The Labute approximate surface area is 185 Å². The van der Waals surface area contributed by atoms with Crippen LogP contribution in [0.2, 0.25) is 0 Å². The molecule has 1 aliphatic heterocycles. The van der Waals surface area contributed by atoms with Crippen LogP contribution in [0.4, 0.5) is 0 Å². The fraction of sp³-hybridized carbons (Fsp3) is 0.652. The minimum Gasteiger partial charge on any atom is -0.490 e. The van der Waals surface area contributed by atoms with Crippen LogP contribution < -0.4 is 14.8 Å². The monoisotopic (exact) mass is 436 g/mol. The Bertz CT molecular complexity index is 683. The minimum absolute atomic E-state index is 0.0216. The van der Waals surface area contributed by atoms with E-state index in [1.54, 1.807) is 11.8 Å². The predicted octanol–water partition coefficient (Wildman–Crippen LogP) is 3.74. The molecule has 1 N–H and O–H groups in total. The van der Waals surface area contributed by atoms with E-state index in [-0.39, 0.29) is 23.8 Å². The highest BCUT2D eigenvalue weighted by Gasteiger charge is 2.34. The number of carbonyl (C=O) groups is 2. The molecule has 2 amide bonds. The molecule has 1 aliphatic rings. The summed E-state index contributed by atoms with van der Waals surface area (Å²) in [6.07, 6.45) is 5.09. The summed E-state index contributed by atoms with van der Waals surface area (Å²) >= 11 is 1.79. The number of rotatable bonds is 12. The Kier molecular flexibility index (Phi) is 10.3. The molecule has 168 valence electrons. The number of para-hydroxylation sites is 2. The van der Waals surface area contributed by atoms with E-state index >= 15 is 0 Å². The number of ether oxygens (including phenoxy) is 2. The van der Waals surface area contributed by atoms with Crippen molar-refractivity contribution < 1.29 is 19.1 Å². The summed E-state index contributed by atoms with van der Waals surface area (Å²) in [6, 6.07) is 7.12. The first kappa shape index (κ1) is 24.4. The van der Waals surface area contributed by atoms with Gasteiger partial charge in [0.2, 0.25) is 11.8 Å². The summed E-state index contributed by atoms with van der Waals surface area (Å²) in [5.74, 6) is 2.46. The third kappa shape index (κ3) is 7.42. The predicted molar refractivity (Wildman–Crippen MR) is 122 cm³/mol. The first-order chi connectivity index (χ1) is 14.5. The third-order valence-corrected chi connectivity index (χ3v) is 5.85. The van der Waals surface area contributed by atoms with Gasteiger partial charge in [-0.1, -0.05) is 26.0 Å². The number of likely N-dealkylation sites (tertiary alicyclic amines) is 1. The lowest BCUT2D eigenvalue weighted by molar-refractivity contribution is -0.137. The molecular weight excluding hydrogens is 400 g/mol. The zero-order chi connectivity index (χ0) is 21.9. The van der Waals surface area contributed by atoms with Crippen LogP contribution in [0, 0.1) is 5.92 Å². The number of unbranched alkanes of at least 4 members (excludes halogenated alkanes) is 1. The van der Waals surface area contributed by atoms with Crippen LogP contribution >= 0.6 is 11.8 Å². The van der Waals surface area contributed by atoms with Gasteiger partial charge in [-0.2, -0.15) is 11.8 Å². The molecule has 0 saturated carbocycles. The summed E-state index contributed by atoms with van der Waals surface area (Å²) in [7, 11) is 0. The Balaban J connectivity index is 1.90. The van der Waals surface area contributed by atoms with E-state index in [1.165, 1.54) is 0 Å². The summed E-state index contributed by atoms with van der Waals surface area (Å²) in [5.41, 5.74) is 0. The Morgan fingerprint density at radius 1 is 1.23 bits per heavy atom. The maximum Gasteiger partial charge on any atom is 0.245 e. The fourth-order valence-corrected chi connectivity index (χ4v) is 4.01. The van der Waals surface area contributed by atoms with Crippen LogP contribution in [0.3, 0.4) is 0 Å². The van der Waals surface area contributed by atoms with Gasteiger partial charge in [0.05, 0.1) is 13.2 Å². The van der Waals surface area contributed by atoms with Crippen LogP contribution in [0.15, 0.2) is 24.3 Å². The number of benzene rings is 1. The van der Waals surface area contributed by atoms with E-state index in [0.29, 0.717) is 31.9 Å². The van der Waals surface area contributed by atoms with Gasteiger partial charge in [0.15, 0.2) is 11.5 Å². The van der Waals surface area contributed by atoms with Crippen molar-refractivity contribution in [2.45, 2.75) is 58.6 Å². The molecule has 30 heavy (non-hydrogen) atoms. The molecule has 1 saturated heterocycles. The number of hydrogen-bond acceptors (Lipinski definition) is 5. The molecule has 0 aromatic heterocycles. The highest BCUT2D eigenvalue weighted by atomic mass is 32.2. The van der Waals surface area contributed by atoms with Gasteiger partial charge in [-0.3, -0.25) is 9.59 Å². The smallest absolute Gasteiger partial charge is 0.245 e. The number of amides is 2. The first-order valence-electron chi connectivity index (χ1n) is 10.9. The third-order valence-electron chi connectivity index (χ3n) is 5.15. The molecule has 7 heteroatoms. The van der Waals surface area contributed by atoms with Crippen molar-refractivity contribution in [3.8, 4) is 11.5 Å². The van der Waals surface area contributed by atoms with Crippen molar-refractivity contribution in [2.24, 2.45) is 5.92 Å². The lowest BCUT2D eigenvalue weighted by atomic mass is 10.0. The molecule has 0 spiro atoms. The van der Waals surface area contributed by atoms with Crippen molar-refractivity contribution >= 4 is 23.6 Å². The molecule has 1 heterocycles. The minimum atomic E-state index is -0.493. The highest BCUT2D eigenvalue weighted by Crippen LogP contribution is 2.29. The second-order valence-electron chi connectivity index (χ2n) is 7.93. The van der Waals surface area contributed by atoms with Crippen LogP contribution in [0.1, 0.15) is 46.5 Å². The fourth-order valence-electron chi connectivity index (χ4n) is 3.51. The van der Waals surface area contributed by atoms with Crippen molar-refractivity contribution in [1.82, 2.24) is 10.2 Å². The van der Waals surface area contributed by atoms with Gasteiger partial charge in [-0.15, -0.1) is 0 Å². The normalized spacial score (nSPS) is 17.1. The SMILES string of the molecule is CCOc1ccccc1OC1CCN(C(=O)[C@@H](NC(=O)CCCCSC)C(C)C)C1. The summed E-state index contributed by atoms with van der Waals surface area (Å²) < 4.78 is 11.8. The van der Waals surface area contributed by atoms with Crippen LogP contribution in [-0.4, -0.2) is 60.6 Å². The molecule has 0 radical (unpaired) electrons. The van der Waals surface area contributed by atoms with Crippen molar-refractivity contribution in [3.63, 3.8) is 0 Å². The standard InChI is InChI=1S/C23H36N2O4S/c1-5-28-19-10-6-7-11-20(19)29-18-13-14-25(16-18)23(27)22(17(2)3)24-21(26)12-8-9-15-30-4/h6-7,10-11,17-18,22H,5,8-9,12-16H2,1-4H3,(H,24,26)/t18?,22-/m0/s1. The van der Waals surface area contributed by atoms with Crippen LogP contribution in [-0.2, 0) is 9.59 Å². The molecule has 1 aromatic carbocycles. The van der Waals surface area contributed by atoms with Gasteiger partial charge in [0, 0.05) is 19.4 Å². The van der Waals surface area contributed by atoms with Gasteiger partial charge in [-0.25, -0.2) is 0 Å². The summed E-state index contributed by atoms with van der Waals surface area (Å²) in [5, 5.41) is 2.96. The lowest BCUT2D eigenvalue weighted by Gasteiger charge is -2.27. The maximum absolute atomic E-state index is 13.1. The van der Waals surface area contributed by atoms with Crippen molar-refractivity contribution in [2.75, 3.05) is 31.7 Å². The van der Waals surface area contributed by atoms with Gasteiger partial charge in [0.1, 0.15) is 12.1 Å². The van der Waals surface area contributed by atoms with E-state index in [2.05, 4.69) is 11.6 Å². The number of thioether (sulfide) groups is 1. The molecule has 6 nitrogen and oxygen atoms in total. The number of nitrogens with zero attached hydrogens (tertiary/aromatic N) is 1. The zero-order valence-corrected chi connectivity index (χ0v) is 19.5. The molecule has 1 fully saturated rings. The largest absolute Gasteiger partial charge is 0.490 e. The highest BCUT2D eigenvalue weighted by molar-refractivity contribution is 7.98. The van der Waals surface area contributed by atoms with Gasteiger partial charge >= 0.3 is 0 Å². The Morgan fingerprint density at radius 3 is 2.63 bits per heavy atom. The van der Waals surface area contributed by atoms with E-state index < -0.39 is 6.04 Å². The first-order valence-corrected chi connectivity index (χ1v) is 12.3. The van der Waals surface area contributed by atoms with Crippen LogP contribution in [0.5, 0.6) is 11.5 Å². The summed E-state index contributed by atoms with van der Waals surface area (Å²) in [6.45, 7) is 7.61. The van der Waals surface area contributed by atoms with Crippen LogP contribution in [0.25, 0.3) is 0 Å². The molecular formula is C23H36N2O4S. The van der Waals surface area contributed by atoms with E-state index in [9.17, 15) is 9.59 Å². The second kappa shape index (κ2) is 12.7. The Hall–Kier alpha value is -1.89. The molecule has 0 bridgehead atoms. The van der Waals surface area contributed by atoms with Crippen molar-refractivity contribution in [3.05, 3.63) is 24.3 Å². The number of carbonyl (C=O) groups excluding carboxylic acids is 2. The lowest BCUT2D eigenvalue weighted by Crippen LogP contribution is -2.50. The summed E-state index contributed by atoms with van der Waals surface area (Å²) in [4.78, 5) is 27.2. The molecule has 2 atom stereocenters. The molecule has 1 unspecified atom stereocenters. The number of nitrogens with one attached hydrogen (secondary N) is 1. The van der Waals surface area contributed by atoms with E-state index in [0.717, 1.165) is 30.8 Å². The van der Waals surface area contributed by atoms with Gasteiger partial charge < -0.3 is 19.7 Å². The average molecular weight is 437 g/mol. The van der Waals surface area contributed by atoms with E-state index in [1.807, 2.05) is 49.9 Å². The van der Waals surface area contributed by atoms with Gasteiger partial charge in [-0.05, 0) is 49.8 Å². The number of hydrogen-bond donors (Lipinski definition) is 1.